The zero-order valence-corrected chi connectivity index (χ0v) is 70.3. The number of hydrogen-bond acceptors (Lipinski definition) is 15. The zero-order valence-electron chi connectivity index (χ0n) is 68.5. The first-order chi connectivity index (χ1) is 50.2. The van der Waals surface area contributed by atoms with Crippen LogP contribution >= 0.6 is 15.6 Å². The van der Waals surface area contributed by atoms with Crippen LogP contribution in [0.5, 0.6) is 0 Å². The molecule has 0 heterocycles. The van der Waals surface area contributed by atoms with E-state index in [0.717, 1.165) is 108 Å². The number of rotatable bonds is 83. The summed E-state index contributed by atoms with van der Waals surface area (Å²) >= 11 is 0. The van der Waals surface area contributed by atoms with E-state index in [-0.39, 0.29) is 25.7 Å². The maximum Gasteiger partial charge on any atom is 0.472 e. The second-order valence-corrected chi connectivity index (χ2v) is 34.9. The highest BCUT2D eigenvalue weighted by Crippen LogP contribution is 2.45. The maximum absolute atomic E-state index is 13.1. The normalized spacial score (nSPS) is 13.9. The van der Waals surface area contributed by atoms with Gasteiger partial charge in [-0.15, -0.1) is 0 Å². The lowest BCUT2D eigenvalue weighted by Gasteiger charge is -2.21. The topological polar surface area (TPSA) is 237 Å². The first-order valence-electron chi connectivity index (χ1n) is 43.8. The van der Waals surface area contributed by atoms with E-state index in [9.17, 15) is 43.2 Å². The lowest BCUT2D eigenvalue weighted by Crippen LogP contribution is -2.30. The number of hydrogen-bond donors (Lipinski definition) is 3. The Bertz CT molecular complexity index is 2010. The molecule has 0 aromatic heterocycles. The summed E-state index contributed by atoms with van der Waals surface area (Å²) in [6.07, 6.45) is 65.6. The van der Waals surface area contributed by atoms with Gasteiger partial charge in [-0.2, -0.15) is 0 Å². The number of aliphatic hydroxyl groups excluding tert-OH is 1. The van der Waals surface area contributed by atoms with Crippen LogP contribution < -0.4 is 0 Å². The van der Waals surface area contributed by atoms with Gasteiger partial charge in [0.25, 0.3) is 0 Å². The Balaban J connectivity index is 5.20. The number of phosphoric ester groups is 2. The molecule has 3 N–H and O–H groups in total. The van der Waals surface area contributed by atoms with E-state index < -0.39 is 97.5 Å². The molecule has 0 rings (SSSR count). The van der Waals surface area contributed by atoms with E-state index in [1.807, 2.05) is 0 Å². The van der Waals surface area contributed by atoms with Gasteiger partial charge in [0.2, 0.25) is 0 Å². The third kappa shape index (κ3) is 78.2. The first-order valence-corrected chi connectivity index (χ1v) is 46.8. The Morgan fingerprint density at radius 1 is 0.260 bits per heavy atom. The van der Waals surface area contributed by atoms with Crippen molar-refractivity contribution in [1.29, 1.82) is 0 Å². The molecule has 618 valence electrons. The monoisotopic (exact) mass is 1520 g/mol. The van der Waals surface area contributed by atoms with Gasteiger partial charge in [-0.3, -0.25) is 37.3 Å². The predicted octanol–water partition coefficient (Wildman–Crippen LogP) is 25.7. The fourth-order valence-electron chi connectivity index (χ4n) is 13.2. The maximum atomic E-state index is 13.1. The van der Waals surface area contributed by atoms with E-state index in [0.29, 0.717) is 31.6 Å². The molecule has 0 fully saturated rings. The predicted molar refractivity (Wildman–Crippen MR) is 428 cm³/mol. The van der Waals surface area contributed by atoms with Gasteiger partial charge in [0.15, 0.2) is 12.2 Å². The molecule has 19 heteroatoms. The molecule has 0 aromatic rings. The molecule has 17 nitrogen and oxygen atoms in total. The molecule has 0 aromatic carbocycles. The van der Waals surface area contributed by atoms with Crippen LogP contribution in [-0.2, 0) is 65.4 Å². The summed E-state index contributed by atoms with van der Waals surface area (Å²) in [5.74, 6) is 0.152. The summed E-state index contributed by atoms with van der Waals surface area (Å²) in [5.41, 5.74) is 0. The summed E-state index contributed by atoms with van der Waals surface area (Å²) in [4.78, 5) is 73.1. The summed E-state index contributed by atoms with van der Waals surface area (Å²) in [6, 6.07) is 0. The SMILES string of the molecule is CCCCCCCCCCCCCCCCCCCCCCCC(=O)OC[C@H](COP(=O)(O)OC[C@@H](O)COP(=O)(O)OC[C@@H](COC(=O)CCCCCCCCCC(C)C)OC(=O)CCCCCCCCCCCC(C)C)OC(=O)CCCCCCCCCCCCCCCCCCCCC(C)C. The van der Waals surface area contributed by atoms with Crippen molar-refractivity contribution in [2.75, 3.05) is 39.6 Å². The first kappa shape index (κ1) is 102. The van der Waals surface area contributed by atoms with Crippen LogP contribution in [0.2, 0.25) is 0 Å². The van der Waals surface area contributed by atoms with Crippen molar-refractivity contribution in [1.82, 2.24) is 0 Å². The molecule has 0 saturated carbocycles. The molecule has 0 amide bonds. The van der Waals surface area contributed by atoms with Crippen LogP contribution in [-0.4, -0.2) is 96.7 Å². The molecule has 104 heavy (non-hydrogen) atoms. The molecule has 0 aliphatic heterocycles. The Labute approximate surface area is 638 Å². The number of phosphoric acid groups is 2. The Hall–Kier alpha value is -1.94. The van der Waals surface area contributed by atoms with Crippen LogP contribution in [0.4, 0.5) is 0 Å². The van der Waals surface area contributed by atoms with Crippen LogP contribution in [0.1, 0.15) is 447 Å². The second-order valence-electron chi connectivity index (χ2n) is 32.0. The fourth-order valence-corrected chi connectivity index (χ4v) is 14.8. The lowest BCUT2D eigenvalue weighted by molar-refractivity contribution is -0.161. The molecular formula is C85H166O17P2. The number of esters is 4. The van der Waals surface area contributed by atoms with E-state index in [2.05, 4.69) is 48.5 Å². The Kier molecular flexibility index (Phi) is 73.7. The van der Waals surface area contributed by atoms with E-state index in [1.165, 1.54) is 250 Å². The molecule has 0 spiro atoms. The number of unbranched alkanes of at least 4 members (excludes halogenated alkanes) is 51. The third-order valence-electron chi connectivity index (χ3n) is 19.9. The van der Waals surface area contributed by atoms with Crippen molar-refractivity contribution < 1.29 is 80.2 Å². The average molecular weight is 1520 g/mol. The van der Waals surface area contributed by atoms with Gasteiger partial charge in [-0.1, -0.05) is 395 Å². The van der Waals surface area contributed by atoms with Gasteiger partial charge >= 0.3 is 39.5 Å². The van der Waals surface area contributed by atoms with E-state index >= 15 is 0 Å². The molecular weight excluding hydrogens is 1350 g/mol. The highest BCUT2D eigenvalue weighted by atomic mass is 31.2. The van der Waals surface area contributed by atoms with Gasteiger partial charge in [-0.05, 0) is 43.4 Å². The van der Waals surface area contributed by atoms with Crippen molar-refractivity contribution in [3.05, 3.63) is 0 Å². The van der Waals surface area contributed by atoms with E-state index in [4.69, 9.17) is 37.0 Å². The number of aliphatic hydroxyl groups is 1. The summed E-state index contributed by atoms with van der Waals surface area (Å²) in [6.45, 7) is 11.9. The summed E-state index contributed by atoms with van der Waals surface area (Å²) < 4.78 is 68.8. The fraction of sp³-hybridized carbons (Fsp3) is 0.953. The summed E-state index contributed by atoms with van der Waals surface area (Å²) in [7, 11) is -9.92. The van der Waals surface area contributed by atoms with Crippen LogP contribution in [0.25, 0.3) is 0 Å². The average Bonchev–Trinajstić information content (AvgIpc) is 0.903. The van der Waals surface area contributed by atoms with E-state index in [1.54, 1.807) is 0 Å². The van der Waals surface area contributed by atoms with Gasteiger partial charge in [0.05, 0.1) is 26.4 Å². The number of carbonyl (C=O) groups excluding carboxylic acids is 4. The van der Waals surface area contributed by atoms with Crippen molar-refractivity contribution in [3.63, 3.8) is 0 Å². The van der Waals surface area contributed by atoms with Gasteiger partial charge < -0.3 is 33.8 Å². The molecule has 5 atom stereocenters. The number of carbonyl (C=O) groups is 4. The smallest absolute Gasteiger partial charge is 0.462 e. The van der Waals surface area contributed by atoms with Crippen LogP contribution in [0, 0.1) is 17.8 Å². The molecule has 0 saturated heterocycles. The number of ether oxygens (including phenoxy) is 4. The minimum atomic E-state index is -4.97. The molecule has 0 bridgehead atoms. The Morgan fingerprint density at radius 3 is 0.654 bits per heavy atom. The molecule has 0 aliphatic rings. The zero-order chi connectivity index (χ0) is 76.5. The van der Waals surface area contributed by atoms with Crippen molar-refractivity contribution in [2.24, 2.45) is 17.8 Å². The standard InChI is InChI=1S/C85H166O17P2/c1-8-9-10-11-12-13-14-15-16-17-18-19-20-24-27-30-33-38-45-52-59-66-82(87)95-72-80(101-84(89)68-61-54-46-39-34-31-28-25-22-21-23-26-29-32-36-42-49-56-63-76(2)3)74-99-103(91,92)97-70-79(86)71-98-104(93,94)100-75-81(73-96-83(88)67-60-53-48-41-44-51-58-65-78(6)7)102-85(90)69-62-55-47-40-35-37-43-50-57-64-77(4)5/h76-81,86H,8-75H2,1-7H3,(H,91,92)(H,93,94)/t79-,80-,81-/m1/s1. The molecule has 0 aliphatic carbocycles. The Morgan fingerprint density at radius 2 is 0.442 bits per heavy atom. The highest BCUT2D eigenvalue weighted by Gasteiger charge is 2.30. The van der Waals surface area contributed by atoms with Crippen LogP contribution in [0.3, 0.4) is 0 Å². The van der Waals surface area contributed by atoms with Crippen LogP contribution in [0.15, 0.2) is 0 Å². The molecule has 2 unspecified atom stereocenters. The quantitative estimate of drug-likeness (QED) is 0.0222. The van der Waals surface area contributed by atoms with Gasteiger partial charge in [0.1, 0.15) is 19.3 Å². The summed E-state index contributed by atoms with van der Waals surface area (Å²) in [5, 5.41) is 10.7. The van der Waals surface area contributed by atoms with Gasteiger partial charge in [-0.25, -0.2) is 9.13 Å². The third-order valence-corrected chi connectivity index (χ3v) is 21.8. The minimum absolute atomic E-state index is 0.105. The minimum Gasteiger partial charge on any atom is -0.462 e. The highest BCUT2D eigenvalue weighted by molar-refractivity contribution is 7.47. The molecule has 0 radical (unpaired) electrons. The van der Waals surface area contributed by atoms with Gasteiger partial charge in [0, 0.05) is 25.7 Å². The lowest BCUT2D eigenvalue weighted by atomic mass is 10.0. The largest absolute Gasteiger partial charge is 0.472 e. The van der Waals surface area contributed by atoms with Crippen molar-refractivity contribution in [2.45, 2.75) is 465 Å². The van der Waals surface area contributed by atoms with Crippen molar-refractivity contribution in [3.8, 4) is 0 Å². The van der Waals surface area contributed by atoms with Crippen molar-refractivity contribution >= 4 is 39.5 Å². The second kappa shape index (κ2) is 75.1.